The van der Waals surface area contributed by atoms with Crippen LogP contribution in [0.3, 0.4) is 0 Å². The summed E-state index contributed by atoms with van der Waals surface area (Å²) >= 11 is 7.62. The number of hydrogen-bond acceptors (Lipinski definition) is 4. The van der Waals surface area contributed by atoms with Gasteiger partial charge in [0, 0.05) is 30.0 Å². The van der Waals surface area contributed by atoms with Gasteiger partial charge in [-0.1, -0.05) is 37.6 Å². The number of anilines is 1. The minimum Gasteiger partial charge on any atom is -0.347 e. The molecule has 2 rings (SSSR count). The molecule has 1 heterocycles. The number of benzene rings is 1. The van der Waals surface area contributed by atoms with Crippen LogP contribution in [0.5, 0.6) is 0 Å². The zero-order chi connectivity index (χ0) is 15.4. The van der Waals surface area contributed by atoms with Gasteiger partial charge in [0.25, 0.3) is 0 Å². The third-order valence-corrected chi connectivity index (χ3v) is 5.10. The first-order valence-corrected chi connectivity index (χ1v) is 8.39. The van der Waals surface area contributed by atoms with Crippen molar-refractivity contribution in [3.8, 4) is 0 Å². The third kappa shape index (κ3) is 3.96. The Labute approximate surface area is 135 Å². The number of nitrogens with two attached hydrogens (primary N) is 1. The lowest BCUT2D eigenvalue weighted by Gasteiger charge is -2.16. The van der Waals surface area contributed by atoms with Crippen LogP contribution in [0.4, 0.5) is 5.13 Å². The van der Waals surface area contributed by atoms with Crippen molar-refractivity contribution in [2.75, 3.05) is 11.9 Å². The highest BCUT2D eigenvalue weighted by Crippen LogP contribution is 2.32. The first kappa shape index (κ1) is 16.3. The Morgan fingerprint density at radius 2 is 2.00 bits per heavy atom. The van der Waals surface area contributed by atoms with Crippen LogP contribution in [0.15, 0.2) is 24.3 Å². The van der Waals surface area contributed by atoms with Gasteiger partial charge in [-0.2, -0.15) is 0 Å². The summed E-state index contributed by atoms with van der Waals surface area (Å²) < 4.78 is 0. The summed E-state index contributed by atoms with van der Waals surface area (Å²) in [5, 5.41) is 1.79. The highest BCUT2D eigenvalue weighted by Gasteiger charge is 2.17. The zero-order valence-corrected chi connectivity index (χ0v) is 14.3. The van der Waals surface area contributed by atoms with E-state index in [0.29, 0.717) is 12.5 Å². The largest absolute Gasteiger partial charge is 0.347 e. The van der Waals surface area contributed by atoms with Gasteiger partial charge in [-0.15, -0.1) is 11.3 Å². The molecular weight excluding hydrogens is 302 g/mol. The molecule has 1 aromatic carbocycles. The van der Waals surface area contributed by atoms with E-state index in [0.717, 1.165) is 28.8 Å². The van der Waals surface area contributed by atoms with Gasteiger partial charge in [-0.25, -0.2) is 4.98 Å². The Kier molecular flexibility index (Phi) is 5.62. The second-order valence-corrected chi connectivity index (χ2v) is 6.80. The predicted molar refractivity (Wildman–Crippen MR) is 92.3 cm³/mol. The molecule has 5 heteroatoms. The highest BCUT2D eigenvalue weighted by atomic mass is 35.5. The minimum absolute atomic E-state index is 0.456. The van der Waals surface area contributed by atoms with Crippen LogP contribution in [0.1, 0.15) is 42.3 Å². The second kappa shape index (κ2) is 7.25. The average Bonchev–Trinajstić information content (AvgIpc) is 2.93. The van der Waals surface area contributed by atoms with Crippen LogP contribution in [-0.2, 0) is 13.1 Å². The molecule has 0 aliphatic carbocycles. The number of nitrogens with zero attached hydrogens (tertiary/aromatic N) is 2. The molecule has 3 nitrogen and oxygen atoms in total. The van der Waals surface area contributed by atoms with E-state index in [-0.39, 0.29) is 0 Å². The lowest BCUT2D eigenvalue weighted by molar-refractivity contribution is 0.702. The average molecular weight is 324 g/mol. The van der Waals surface area contributed by atoms with Crippen molar-refractivity contribution in [2.24, 2.45) is 5.73 Å². The maximum absolute atomic E-state index is 5.92. The fraction of sp³-hybridized carbons (Fsp3) is 0.438. The highest BCUT2D eigenvalue weighted by molar-refractivity contribution is 7.15. The molecule has 1 unspecified atom stereocenters. The quantitative estimate of drug-likeness (QED) is 0.856. The lowest BCUT2D eigenvalue weighted by Crippen LogP contribution is -2.16. The second-order valence-electron chi connectivity index (χ2n) is 5.30. The van der Waals surface area contributed by atoms with Crippen LogP contribution in [0.25, 0.3) is 0 Å². The molecule has 0 amide bonds. The van der Waals surface area contributed by atoms with Gasteiger partial charge in [-0.05, 0) is 30.0 Å². The smallest absolute Gasteiger partial charge is 0.185 e. The van der Waals surface area contributed by atoms with E-state index in [1.807, 2.05) is 24.3 Å². The fourth-order valence-electron chi connectivity index (χ4n) is 2.17. The van der Waals surface area contributed by atoms with E-state index in [4.69, 9.17) is 22.3 Å². The van der Waals surface area contributed by atoms with Crippen molar-refractivity contribution < 1.29 is 0 Å². The van der Waals surface area contributed by atoms with Crippen molar-refractivity contribution in [2.45, 2.75) is 39.3 Å². The van der Waals surface area contributed by atoms with Crippen molar-refractivity contribution in [3.63, 3.8) is 0 Å². The normalized spacial score (nSPS) is 12.4. The van der Waals surface area contributed by atoms with Gasteiger partial charge in [0.05, 0.1) is 5.69 Å². The zero-order valence-electron chi connectivity index (χ0n) is 12.8. The van der Waals surface area contributed by atoms with Crippen molar-refractivity contribution in [1.29, 1.82) is 0 Å². The molecule has 1 atom stereocenters. The number of rotatable bonds is 6. The molecule has 114 valence electrons. The standard InChI is InChI=1S/C16H22ClN3S/c1-4-11(2)15-14(9-18)21-16(19-15)20(3)10-12-5-7-13(17)8-6-12/h5-8,11H,4,9-10,18H2,1-3H3. The van der Waals surface area contributed by atoms with Gasteiger partial charge >= 0.3 is 0 Å². The van der Waals surface area contributed by atoms with E-state index in [1.54, 1.807) is 11.3 Å². The van der Waals surface area contributed by atoms with Gasteiger partial charge < -0.3 is 10.6 Å². The van der Waals surface area contributed by atoms with E-state index >= 15 is 0 Å². The van der Waals surface area contributed by atoms with E-state index in [1.165, 1.54) is 10.4 Å². The first-order chi connectivity index (χ1) is 10.0. The maximum atomic E-state index is 5.92. The Balaban J connectivity index is 2.17. The molecule has 0 aliphatic heterocycles. The molecule has 0 saturated heterocycles. The number of hydrogen-bond donors (Lipinski definition) is 1. The summed E-state index contributed by atoms with van der Waals surface area (Å²) in [6.07, 6.45) is 1.08. The van der Waals surface area contributed by atoms with Crippen LogP contribution in [0.2, 0.25) is 5.02 Å². The topological polar surface area (TPSA) is 42.2 Å². The van der Waals surface area contributed by atoms with Gasteiger partial charge in [0.2, 0.25) is 0 Å². The molecule has 0 fully saturated rings. The Bertz CT molecular complexity index is 580. The number of halogens is 1. The summed E-state index contributed by atoms with van der Waals surface area (Å²) in [6, 6.07) is 7.93. The van der Waals surface area contributed by atoms with Gasteiger partial charge in [0.15, 0.2) is 5.13 Å². The lowest BCUT2D eigenvalue weighted by atomic mass is 10.0. The van der Waals surface area contributed by atoms with Crippen LogP contribution < -0.4 is 10.6 Å². The fourth-order valence-corrected chi connectivity index (χ4v) is 3.32. The summed E-state index contributed by atoms with van der Waals surface area (Å²) in [5.41, 5.74) is 8.24. The number of thiazole rings is 1. The predicted octanol–water partition coefficient (Wildman–Crippen LogP) is 4.41. The molecular formula is C16H22ClN3S. The molecule has 2 aromatic rings. The van der Waals surface area contributed by atoms with Gasteiger partial charge in [-0.3, -0.25) is 0 Å². The summed E-state index contributed by atoms with van der Waals surface area (Å²) in [7, 11) is 2.06. The van der Waals surface area contributed by atoms with Crippen LogP contribution in [-0.4, -0.2) is 12.0 Å². The minimum atomic E-state index is 0.456. The Hall–Kier alpha value is -1.10. The Morgan fingerprint density at radius 3 is 2.57 bits per heavy atom. The monoisotopic (exact) mass is 323 g/mol. The van der Waals surface area contributed by atoms with Crippen LogP contribution in [0, 0.1) is 0 Å². The number of aromatic nitrogens is 1. The molecule has 0 aliphatic rings. The van der Waals surface area contributed by atoms with E-state index < -0.39 is 0 Å². The molecule has 0 bridgehead atoms. The Morgan fingerprint density at radius 1 is 1.33 bits per heavy atom. The van der Waals surface area contributed by atoms with Crippen molar-refractivity contribution >= 4 is 28.1 Å². The van der Waals surface area contributed by atoms with Crippen LogP contribution >= 0.6 is 22.9 Å². The van der Waals surface area contributed by atoms with Crippen molar-refractivity contribution in [1.82, 2.24) is 4.98 Å². The molecule has 0 saturated carbocycles. The van der Waals surface area contributed by atoms with Gasteiger partial charge in [0.1, 0.15) is 0 Å². The molecule has 0 radical (unpaired) electrons. The van der Waals surface area contributed by atoms with Crippen molar-refractivity contribution in [3.05, 3.63) is 45.4 Å². The maximum Gasteiger partial charge on any atom is 0.185 e. The summed E-state index contributed by atoms with van der Waals surface area (Å²) in [4.78, 5) is 8.17. The van der Waals surface area contributed by atoms with E-state index in [2.05, 4.69) is 25.8 Å². The molecule has 2 N–H and O–H groups in total. The summed E-state index contributed by atoms with van der Waals surface area (Å²) in [6.45, 7) is 5.76. The molecule has 0 spiro atoms. The third-order valence-electron chi connectivity index (χ3n) is 3.64. The van der Waals surface area contributed by atoms with E-state index in [9.17, 15) is 0 Å². The molecule has 21 heavy (non-hydrogen) atoms. The molecule has 1 aromatic heterocycles. The first-order valence-electron chi connectivity index (χ1n) is 7.20. The summed E-state index contributed by atoms with van der Waals surface area (Å²) in [5.74, 6) is 0.456. The SMILES string of the molecule is CCC(C)c1nc(N(C)Cc2ccc(Cl)cc2)sc1CN.